The van der Waals surface area contributed by atoms with Crippen LogP contribution in [0.5, 0.6) is 0 Å². The second-order valence-electron chi connectivity index (χ2n) is 7.29. The summed E-state index contributed by atoms with van der Waals surface area (Å²) in [6.07, 6.45) is 4.54. The number of benzene rings is 1. The topological polar surface area (TPSA) is 84.3 Å². The summed E-state index contributed by atoms with van der Waals surface area (Å²) in [4.78, 5) is 16.4. The minimum atomic E-state index is -3.60. The van der Waals surface area contributed by atoms with Crippen LogP contribution in [0, 0.1) is 19.8 Å². The number of anilines is 1. The van der Waals surface area contributed by atoms with E-state index in [4.69, 9.17) is 0 Å². The van der Waals surface area contributed by atoms with Gasteiger partial charge in [-0.2, -0.15) is 4.31 Å². The Hall–Kier alpha value is -2.19. The van der Waals surface area contributed by atoms with Gasteiger partial charge in [0.15, 0.2) is 5.03 Å². The van der Waals surface area contributed by atoms with Gasteiger partial charge < -0.3 is 9.88 Å². The van der Waals surface area contributed by atoms with E-state index in [0.29, 0.717) is 19.0 Å². The number of imidazole rings is 1. The second kappa shape index (κ2) is 7.82. The average molecular weight is 391 g/mol. The number of aryl methyl sites for hydroxylation is 2. The molecule has 1 aromatic heterocycles. The largest absolute Gasteiger partial charge is 0.327 e. The number of aromatic nitrogens is 2. The van der Waals surface area contributed by atoms with E-state index >= 15 is 0 Å². The standard InChI is InChI=1S/C19H26N4O3S/c1-14-7-9-23(10-8-14)27(25,26)18-12-22(13-20-18)11-17(24)21-19-15(2)5-4-6-16(19)3/h4-6,12-14H,7-11H2,1-3H3,(H,21,24). The molecule has 0 aliphatic carbocycles. The molecule has 0 unspecified atom stereocenters. The molecule has 1 N–H and O–H groups in total. The molecule has 146 valence electrons. The Morgan fingerprint density at radius 1 is 1.22 bits per heavy atom. The van der Waals surface area contributed by atoms with E-state index in [0.717, 1.165) is 29.7 Å². The molecule has 0 bridgehead atoms. The van der Waals surface area contributed by atoms with Crippen LogP contribution in [0.4, 0.5) is 5.69 Å². The van der Waals surface area contributed by atoms with E-state index in [1.807, 2.05) is 32.0 Å². The van der Waals surface area contributed by atoms with Crippen LogP contribution in [-0.2, 0) is 21.4 Å². The number of para-hydroxylation sites is 1. The summed E-state index contributed by atoms with van der Waals surface area (Å²) in [6, 6.07) is 5.81. The Morgan fingerprint density at radius 2 is 1.85 bits per heavy atom. The molecule has 1 fully saturated rings. The molecule has 0 spiro atoms. The van der Waals surface area contributed by atoms with Crippen LogP contribution >= 0.6 is 0 Å². The van der Waals surface area contributed by atoms with E-state index < -0.39 is 10.0 Å². The van der Waals surface area contributed by atoms with E-state index in [1.54, 1.807) is 0 Å². The van der Waals surface area contributed by atoms with Gasteiger partial charge in [-0.1, -0.05) is 25.1 Å². The lowest BCUT2D eigenvalue weighted by Gasteiger charge is -2.28. The van der Waals surface area contributed by atoms with Crippen molar-refractivity contribution in [3.8, 4) is 0 Å². The minimum Gasteiger partial charge on any atom is -0.327 e. The van der Waals surface area contributed by atoms with Gasteiger partial charge in [-0.05, 0) is 43.7 Å². The molecule has 3 rings (SSSR count). The smallest absolute Gasteiger partial charge is 0.262 e. The third kappa shape index (κ3) is 4.39. The number of hydrogen-bond donors (Lipinski definition) is 1. The summed E-state index contributed by atoms with van der Waals surface area (Å²) in [5, 5.41) is 2.89. The quantitative estimate of drug-likeness (QED) is 0.850. The molecule has 1 aliphatic heterocycles. The van der Waals surface area contributed by atoms with E-state index in [1.165, 1.54) is 21.4 Å². The van der Waals surface area contributed by atoms with Gasteiger partial charge in [0.2, 0.25) is 5.91 Å². The van der Waals surface area contributed by atoms with Crippen molar-refractivity contribution in [2.45, 2.75) is 45.2 Å². The van der Waals surface area contributed by atoms with Gasteiger partial charge in [-0.3, -0.25) is 4.79 Å². The van der Waals surface area contributed by atoms with Gasteiger partial charge >= 0.3 is 0 Å². The Morgan fingerprint density at radius 3 is 2.48 bits per heavy atom. The molecule has 1 amide bonds. The number of carbonyl (C=O) groups is 1. The summed E-state index contributed by atoms with van der Waals surface area (Å²) in [6.45, 7) is 7.04. The summed E-state index contributed by atoms with van der Waals surface area (Å²) >= 11 is 0. The van der Waals surface area contributed by atoms with Crippen molar-refractivity contribution in [1.29, 1.82) is 0 Å². The highest BCUT2D eigenvalue weighted by Gasteiger charge is 2.29. The number of carbonyl (C=O) groups excluding carboxylic acids is 1. The van der Waals surface area contributed by atoms with Gasteiger partial charge in [-0.15, -0.1) is 0 Å². The van der Waals surface area contributed by atoms with Gasteiger partial charge in [-0.25, -0.2) is 13.4 Å². The Balaban J connectivity index is 1.68. The van der Waals surface area contributed by atoms with Crippen molar-refractivity contribution >= 4 is 21.6 Å². The summed E-state index contributed by atoms with van der Waals surface area (Å²) < 4.78 is 28.4. The Bertz CT molecular complexity index is 908. The summed E-state index contributed by atoms with van der Waals surface area (Å²) in [5.41, 5.74) is 2.76. The molecule has 0 atom stereocenters. The fraction of sp³-hybridized carbons (Fsp3) is 0.474. The normalized spacial score (nSPS) is 16.4. The monoisotopic (exact) mass is 390 g/mol. The summed E-state index contributed by atoms with van der Waals surface area (Å²) in [7, 11) is -3.60. The third-order valence-corrected chi connectivity index (χ3v) is 6.81. The SMILES string of the molecule is Cc1cccc(C)c1NC(=O)Cn1cnc(S(=O)(=O)N2CCC(C)CC2)c1. The first-order chi connectivity index (χ1) is 12.8. The average Bonchev–Trinajstić information content (AvgIpc) is 3.08. The number of hydrogen-bond acceptors (Lipinski definition) is 4. The lowest BCUT2D eigenvalue weighted by atomic mass is 10.0. The van der Waals surface area contributed by atoms with Crippen molar-refractivity contribution in [3.05, 3.63) is 41.9 Å². The molecule has 1 saturated heterocycles. The van der Waals surface area contributed by atoms with Crippen LogP contribution in [0.15, 0.2) is 35.7 Å². The first kappa shape index (κ1) is 19.6. The molecule has 8 heteroatoms. The molecule has 7 nitrogen and oxygen atoms in total. The highest BCUT2D eigenvalue weighted by atomic mass is 32.2. The van der Waals surface area contributed by atoms with Gasteiger partial charge in [0.1, 0.15) is 6.54 Å². The number of piperidine rings is 1. The molecular formula is C19H26N4O3S. The van der Waals surface area contributed by atoms with E-state index in [9.17, 15) is 13.2 Å². The van der Waals surface area contributed by atoms with Crippen molar-refractivity contribution in [2.75, 3.05) is 18.4 Å². The van der Waals surface area contributed by atoms with Crippen molar-refractivity contribution in [2.24, 2.45) is 5.92 Å². The van der Waals surface area contributed by atoms with Crippen LogP contribution in [0.25, 0.3) is 0 Å². The van der Waals surface area contributed by atoms with Crippen LogP contribution in [0.2, 0.25) is 0 Å². The molecule has 0 saturated carbocycles. The fourth-order valence-corrected chi connectivity index (χ4v) is 4.68. The second-order valence-corrected chi connectivity index (χ2v) is 9.17. The number of sulfonamides is 1. The first-order valence-electron chi connectivity index (χ1n) is 9.15. The zero-order valence-electron chi connectivity index (χ0n) is 16.0. The maximum absolute atomic E-state index is 12.7. The number of amides is 1. The third-order valence-electron chi connectivity index (χ3n) is 5.03. The Labute approximate surface area is 160 Å². The molecule has 1 aliphatic rings. The lowest BCUT2D eigenvalue weighted by molar-refractivity contribution is -0.116. The maximum atomic E-state index is 12.7. The minimum absolute atomic E-state index is 0.00285. The highest BCUT2D eigenvalue weighted by Crippen LogP contribution is 2.23. The Kier molecular flexibility index (Phi) is 5.67. The molecule has 2 aromatic rings. The molecular weight excluding hydrogens is 364 g/mol. The van der Waals surface area contributed by atoms with Gasteiger partial charge in [0.05, 0.1) is 6.33 Å². The van der Waals surface area contributed by atoms with E-state index in [-0.39, 0.29) is 17.5 Å². The predicted molar refractivity (Wildman–Crippen MR) is 104 cm³/mol. The van der Waals surface area contributed by atoms with Crippen LogP contribution in [-0.4, -0.2) is 41.3 Å². The predicted octanol–water partition coefficient (Wildman–Crippen LogP) is 2.56. The first-order valence-corrected chi connectivity index (χ1v) is 10.6. The van der Waals surface area contributed by atoms with Crippen LogP contribution < -0.4 is 5.32 Å². The zero-order chi connectivity index (χ0) is 19.6. The van der Waals surface area contributed by atoms with Gasteiger partial charge in [0.25, 0.3) is 10.0 Å². The molecule has 2 heterocycles. The number of rotatable bonds is 5. The molecule has 0 radical (unpaired) electrons. The van der Waals surface area contributed by atoms with Crippen LogP contribution in [0.1, 0.15) is 30.9 Å². The van der Waals surface area contributed by atoms with Gasteiger partial charge in [0, 0.05) is 25.0 Å². The van der Waals surface area contributed by atoms with Crippen LogP contribution in [0.3, 0.4) is 0 Å². The highest BCUT2D eigenvalue weighted by molar-refractivity contribution is 7.89. The number of nitrogens with zero attached hydrogens (tertiary/aromatic N) is 3. The molecule has 1 aromatic carbocycles. The maximum Gasteiger partial charge on any atom is 0.262 e. The lowest BCUT2D eigenvalue weighted by Crippen LogP contribution is -2.38. The fourth-order valence-electron chi connectivity index (χ4n) is 3.27. The van der Waals surface area contributed by atoms with Crippen molar-refractivity contribution < 1.29 is 13.2 Å². The summed E-state index contributed by atoms with van der Waals surface area (Å²) in [5.74, 6) is 0.322. The van der Waals surface area contributed by atoms with Crippen molar-refractivity contribution in [1.82, 2.24) is 13.9 Å². The van der Waals surface area contributed by atoms with Crippen molar-refractivity contribution in [3.63, 3.8) is 0 Å². The molecule has 27 heavy (non-hydrogen) atoms. The van der Waals surface area contributed by atoms with E-state index in [2.05, 4.69) is 17.2 Å². The number of nitrogens with one attached hydrogen (secondary N) is 1. The zero-order valence-corrected chi connectivity index (χ0v) is 16.8.